The number of aromatic amines is 1. The molecule has 1 aromatic rings. The lowest BCUT2D eigenvalue weighted by Crippen LogP contribution is -2.29. The van der Waals surface area contributed by atoms with Gasteiger partial charge in [0.2, 0.25) is 0 Å². The molecule has 0 aliphatic carbocycles. The number of carbonyl (C=O) groups excluding carboxylic acids is 1. The molecular weight excluding hydrogens is 244 g/mol. The molecule has 1 N–H and O–H groups in total. The third-order valence-electron chi connectivity index (χ3n) is 2.08. The average molecular weight is 258 g/mol. The molecule has 0 unspecified atom stereocenters. The van der Waals surface area contributed by atoms with Crippen LogP contribution in [-0.2, 0) is 16.0 Å². The molecule has 1 heterocycles. The molecule has 0 fully saturated rings. The summed E-state index contributed by atoms with van der Waals surface area (Å²) in [5, 5.41) is 0. The van der Waals surface area contributed by atoms with Crippen molar-refractivity contribution in [3.05, 3.63) is 26.9 Å². The molecule has 0 radical (unpaired) electrons. The molecule has 94 valence electrons. The quantitative estimate of drug-likeness (QED) is 0.622. The topological polar surface area (TPSA) is 73.3 Å². The van der Waals surface area contributed by atoms with Gasteiger partial charge in [0.25, 0.3) is 5.56 Å². The lowest BCUT2D eigenvalue weighted by atomic mass is 10.3. The summed E-state index contributed by atoms with van der Waals surface area (Å²) >= 11 is 4.96. The predicted octanol–water partition coefficient (Wildman–Crippen LogP) is 0.729. The van der Waals surface area contributed by atoms with E-state index in [1.54, 1.807) is 6.92 Å². The Balaban J connectivity index is 3.14. The Morgan fingerprint density at radius 2 is 2.29 bits per heavy atom. The minimum Gasteiger partial charge on any atom is -0.462 e. The van der Waals surface area contributed by atoms with E-state index in [4.69, 9.17) is 21.7 Å². The van der Waals surface area contributed by atoms with Gasteiger partial charge in [-0.3, -0.25) is 9.36 Å². The Labute approximate surface area is 103 Å². The summed E-state index contributed by atoms with van der Waals surface area (Å²) in [4.78, 5) is 26.1. The fraction of sp³-hybridized carbons (Fsp3) is 0.500. The molecule has 0 saturated heterocycles. The number of ether oxygens (including phenoxy) is 2. The molecule has 0 amide bonds. The maximum atomic E-state index is 11.9. The smallest absolute Gasteiger partial charge is 0.345 e. The van der Waals surface area contributed by atoms with Gasteiger partial charge in [0.05, 0.1) is 19.8 Å². The third-order valence-corrected chi connectivity index (χ3v) is 2.41. The van der Waals surface area contributed by atoms with Crippen LogP contribution in [0.3, 0.4) is 0 Å². The van der Waals surface area contributed by atoms with E-state index in [9.17, 15) is 9.59 Å². The van der Waals surface area contributed by atoms with Crippen LogP contribution < -0.4 is 5.56 Å². The molecular formula is C10H14N2O4S. The SMILES string of the molecule is CCOC(=O)c1c[nH]c(=S)n(CCOC)c1=O. The number of H-pyrrole nitrogens is 1. The van der Waals surface area contributed by atoms with Crippen molar-refractivity contribution in [1.29, 1.82) is 0 Å². The first-order valence-electron chi connectivity index (χ1n) is 5.10. The monoisotopic (exact) mass is 258 g/mol. The molecule has 7 heteroatoms. The van der Waals surface area contributed by atoms with E-state index in [1.165, 1.54) is 17.9 Å². The number of rotatable bonds is 5. The number of nitrogens with one attached hydrogen (secondary N) is 1. The van der Waals surface area contributed by atoms with Crippen LogP contribution in [0.2, 0.25) is 0 Å². The number of hydrogen-bond acceptors (Lipinski definition) is 5. The molecule has 0 aliphatic rings. The summed E-state index contributed by atoms with van der Waals surface area (Å²) in [5.41, 5.74) is -0.527. The fourth-order valence-electron chi connectivity index (χ4n) is 1.25. The number of aromatic nitrogens is 2. The second-order valence-corrected chi connectivity index (χ2v) is 3.56. The van der Waals surface area contributed by atoms with Gasteiger partial charge in [-0.2, -0.15) is 0 Å². The average Bonchev–Trinajstić information content (AvgIpc) is 2.29. The Kier molecular flexibility index (Phi) is 5.05. The zero-order valence-electron chi connectivity index (χ0n) is 9.69. The van der Waals surface area contributed by atoms with Crippen LogP contribution >= 0.6 is 12.2 Å². The van der Waals surface area contributed by atoms with Gasteiger partial charge in [0, 0.05) is 13.3 Å². The zero-order chi connectivity index (χ0) is 12.8. The molecule has 1 aromatic heterocycles. The van der Waals surface area contributed by atoms with Crippen molar-refractivity contribution in [2.75, 3.05) is 20.3 Å². The van der Waals surface area contributed by atoms with Crippen LogP contribution in [0.1, 0.15) is 17.3 Å². The summed E-state index contributed by atoms with van der Waals surface area (Å²) in [6.07, 6.45) is 1.27. The fourth-order valence-corrected chi connectivity index (χ4v) is 1.49. The number of esters is 1. The Bertz CT molecular complexity index is 506. The molecule has 0 aliphatic heterocycles. The highest BCUT2D eigenvalue weighted by Gasteiger charge is 2.14. The largest absolute Gasteiger partial charge is 0.462 e. The van der Waals surface area contributed by atoms with E-state index < -0.39 is 11.5 Å². The van der Waals surface area contributed by atoms with Crippen LogP contribution in [-0.4, -0.2) is 35.8 Å². The van der Waals surface area contributed by atoms with E-state index in [-0.39, 0.29) is 23.5 Å². The van der Waals surface area contributed by atoms with E-state index in [2.05, 4.69) is 4.98 Å². The minimum atomic E-state index is -0.657. The first kappa shape index (κ1) is 13.6. The molecule has 0 aromatic carbocycles. The van der Waals surface area contributed by atoms with Crippen LogP contribution in [0.15, 0.2) is 11.0 Å². The Hall–Kier alpha value is -1.47. The molecule has 0 bridgehead atoms. The highest BCUT2D eigenvalue weighted by molar-refractivity contribution is 7.71. The van der Waals surface area contributed by atoms with Crippen LogP contribution in [0.4, 0.5) is 0 Å². The van der Waals surface area contributed by atoms with E-state index in [0.717, 1.165) is 0 Å². The van der Waals surface area contributed by atoms with Crippen LogP contribution in [0, 0.1) is 4.77 Å². The lowest BCUT2D eigenvalue weighted by Gasteiger charge is -2.07. The highest BCUT2D eigenvalue weighted by atomic mass is 32.1. The molecule has 0 spiro atoms. The van der Waals surface area contributed by atoms with Gasteiger partial charge in [-0.1, -0.05) is 0 Å². The summed E-state index contributed by atoms with van der Waals surface area (Å²) < 4.78 is 11.2. The van der Waals surface area contributed by atoms with E-state index >= 15 is 0 Å². The van der Waals surface area contributed by atoms with Crippen molar-refractivity contribution in [3.8, 4) is 0 Å². The van der Waals surface area contributed by atoms with Gasteiger partial charge in [0.1, 0.15) is 5.56 Å². The van der Waals surface area contributed by atoms with Crippen molar-refractivity contribution >= 4 is 18.2 Å². The third kappa shape index (κ3) is 3.24. The van der Waals surface area contributed by atoms with Crippen molar-refractivity contribution in [2.45, 2.75) is 13.5 Å². The summed E-state index contributed by atoms with van der Waals surface area (Å²) in [6, 6.07) is 0. The van der Waals surface area contributed by atoms with Gasteiger partial charge in [0.15, 0.2) is 4.77 Å². The van der Waals surface area contributed by atoms with Crippen LogP contribution in [0.5, 0.6) is 0 Å². The summed E-state index contributed by atoms with van der Waals surface area (Å²) in [5.74, 6) is -0.657. The number of carbonyl (C=O) groups is 1. The van der Waals surface area contributed by atoms with Gasteiger partial charge in [-0.05, 0) is 19.1 Å². The normalized spacial score (nSPS) is 10.2. The first-order valence-corrected chi connectivity index (χ1v) is 5.51. The molecule has 17 heavy (non-hydrogen) atoms. The van der Waals surface area contributed by atoms with Crippen molar-refractivity contribution in [3.63, 3.8) is 0 Å². The summed E-state index contributed by atoms with van der Waals surface area (Å²) in [7, 11) is 1.52. The van der Waals surface area contributed by atoms with Gasteiger partial charge < -0.3 is 14.5 Å². The molecule has 0 atom stereocenters. The number of hydrogen-bond donors (Lipinski definition) is 1. The maximum absolute atomic E-state index is 11.9. The van der Waals surface area contributed by atoms with Crippen LogP contribution in [0.25, 0.3) is 0 Å². The van der Waals surface area contributed by atoms with Crippen molar-refractivity contribution in [2.24, 2.45) is 0 Å². The van der Waals surface area contributed by atoms with Crippen molar-refractivity contribution in [1.82, 2.24) is 9.55 Å². The van der Waals surface area contributed by atoms with E-state index in [0.29, 0.717) is 6.61 Å². The first-order chi connectivity index (χ1) is 8.11. The van der Waals surface area contributed by atoms with Gasteiger partial charge in [-0.25, -0.2) is 4.79 Å². The van der Waals surface area contributed by atoms with Gasteiger partial charge >= 0.3 is 5.97 Å². The summed E-state index contributed by atoms with van der Waals surface area (Å²) in [6.45, 7) is 2.51. The van der Waals surface area contributed by atoms with Gasteiger partial charge in [-0.15, -0.1) is 0 Å². The van der Waals surface area contributed by atoms with E-state index in [1.807, 2.05) is 0 Å². The molecule has 6 nitrogen and oxygen atoms in total. The standard InChI is InChI=1S/C10H14N2O4S/c1-3-16-9(14)7-6-11-10(17)12(8(7)13)4-5-15-2/h6H,3-5H2,1-2H3,(H,11,17). The lowest BCUT2D eigenvalue weighted by molar-refractivity contribution is 0.0522. The minimum absolute atomic E-state index is 0.0587. The number of methoxy groups -OCH3 is 1. The number of nitrogens with zero attached hydrogens (tertiary/aromatic N) is 1. The highest BCUT2D eigenvalue weighted by Crippen LogP contribution is 1.95. The second-order valence-electron chi connectivity index (χ2n) is 3.18. The predicted molar refractivity (Wildman–Crippen MR) is 63.7 cm³/mol. The Morgan fingerprint density at radius 3 is 2.88 bits per heavy atom. The molecule has 1 rings (SSSR count). The van der Waals surface area contributed by atoms with Crippen molar-refractivity contribution < 1.29 is 14.3 Å². The molecule has 0 saturated carbocycles. The second kappa shape index (κ2) is 6.31. The maximum Gasteiger partial charge on any atom is 0.345 e. The Morgan fingerprint density at radius 1 is 1.59 bits per heavy atom. The zero-order valence-corrected chi connectivity index (χ0v) is 10.5.